The molecule has 2 aromatic rings. The molecule has 0 aromatic heterocycles. The van der Waals surface area contributed by atoms with Crippen molar-refractivity contribution in [2.75, 3.05) is 43.8 Å². The zero-order valence-electron chi connectivity index (χ0n) is 16.8. The van der Waals surface area contributed by atoms with E-state index in [9.17, 15) is 22.0 Å². The van der Waals surface area contributed by atoms with Crippen LogP contribution in [-0.4, -0.2) is 62.0 Å². The lowest BCUT2D eigenvalue weighted by molar-refractivity contribution is -0.117. The van der Waals surface area contributed by atoms with Gasteiger partial charge in [-0.1, -0.05) is 18.2 Å². The van der Waals surface area contributed by atoms with Crippen LogP contribution in [0.5, 0.6) is 0 Å². The second-order valence-corrected chi connectivity index (χ2v) is 9.90. The standard InChI is InChI=1S/C21H23F2N3O3S2/c1-2-13-30-20-6-4-3-5-19(20)24-21(27)15-25-9-11-26(12-10-25)31(28,29)16-7-8-17(22)18(23)14-16/h2-8,14H,1,9-13,15H2,(H,24,27). The first kappa shape index (κ1) is 23.4. The van der Waals surface area contributed by atoms with Crippen LogP contribution in [0.3, 0.4) is 0 Å². The minimum Gasteiger partial charge on any atom is -0.324 e. The van der Waals surface area contributed by atoms with Crippen LogP contribution < -0.4 is 5.32 Å². The van der Waals surface area contributed by atoms with E-state index in [1.165, 1.54) is 4.31 Å². The number of hydrogen-bond acceptors (Lipinski definition) is 5. The zero-order chi connectivity index (χ0) is 22.4. The number of thioether (sulfide) groups is 1. The summed E-state index contributed by atoms with van der Waals surface area (Å²) in [5.41, 5.74) is 0.721. The Morgan fingerprint density at radius 1 is 1.10 bits per heavy atom. The molecule has 1 aliphatic heterocycles. The summed E-state index contributed by atoms with van der Waals surface area (Å²) in [5.74, 6) is -1.77. The molecule has 0 saturated carbocycles. The van der Waals surface area contributed by atoms with Gasteiger partial charge in [-0.05, 0) is 30.3 Å². The van der Waals surface area contributed by atoms with Gasteiger partial charge in [0, 0.05) is 36.8 Å². The maximum atomic E-state index is 13.4. The first-order valence-corrected chi connectivity index (χ1v) is 12.0. The zero-order valence-corrected chi connectivity index (χ0v) is 18.4. The number of carbonyl (C=O) groups excluding carboxylic acids is 1. The van der Waals surface area contributed by atoms with Crippen LogP contribution in [0.1, 0.15) is 0 Å². The number of carbonyl (C=O) groups is 1. The number of sulfonamides is 1. The summed E-state index contributed by atoms with van der Waals surface area (Å²) in [4.78, 5) is 15.0. The molecule has 1 amide bonds. The van der Waals surface area contributed by atoms with Gasteiger partial charge >= 0.3 is 0 Å². The highest BCUT2D eigenvalue weighted by Gasteiger charge is 2.29. The Bertz CT molecular complexity index is 1060. The molecule has 6 nitrogen and oxygen atoms in total. The van der Waals surface area contributed by atoms with Crippen molar-refractivity contribution in [1.29, 1.82) is 0 Å². The molecular weight excluding hydrogens is 444 g/mol. The summed E-state index contributed by atoms with van der Waals surface area (Å²) in [7, 11) is -3.93. The van der Waals surface area contributed by atoms with Gasteiger partial charge in [-0.3, -0.25) is 9.69 Å². The van der Waals surface area contributed by atoms with Crippen molar-refractivity contribution in [2.24, 2.45) is 0 Å². The number of rotatable bonds is 8. The van der Waals surface area contributed by atoms with Gasteiger partial charge in [0.2, 0.25) is 15.9 Å². The van der Waals surface area contributed by atoms with Crippen LogP contribution in [0.2, 0.25) is 0 Å². The van der Waals surface area contributed by atoms with E-state index in [0.717, 1.165) is 28.5 Å². The Balaban J connectivity index is 1.56. The highest BCUT2D eigenvalue weighted by molar-refractivity contribution is 7.99. The number of benzene rings is 2. The lowest BCUT2D eigenvalue weighted by atomic mass is 10.3. The molecule has 1 saturated heterocycles. The average Bonchev–Trinajstić information content (AvgIpc) is 2.75. The van der Waals surface area contributed by atoms with Crippen LogP contribution in [0, 0.1) is 11.6 Å². The first-order chi connectivity index (χ1) is 14.8. The molecule has 0 spiro atoms. The Kier molecular flexibility index (Phi) is 7.82. The number of nitrogens with one attached hydrogen (secondary N) is 1. The molecular formula is C21H23F2N3O3S2. The van der Waals surface area contributed by atoms with E-state index >= 15 is 0 Å². The predicted octanol–water partition coefficient (Wildman–Crippen LogP) is 3.19. The molecule has 3 rings (SSSR count). The maximum absolute atomic E-state index is 13.4. The number of para-hydroxylation sites is 1. The third-order valence-electron chi connectivity index (χ3n) is 4.75. The number of piperazine rings is 1. The molecule has 1 aliphatic rings. The molecule has 1 heterocycles. The number of hydrogen-bond donors (Lipinski definition) is 1. The van der Waals surface area contributed by atoms with Gasteiger partial charge in [0.1, 0.15) is 0 Å². The van der Waals surface area contributed by atoms with Crippen molar-refractivity contribution in [1.82, 2.24) is 9.21 Å². The van der Waals surface area contributed by atoms with Gasteiger partial charge in [0.15, 0.2) is 11.6 Å². The highest BCUT2D eigenvalue weighted by atomic mass is 32.2. The minimum absolute atomic E-state index is 0.125. The summed E-state index contributed by atoms with van der Waals surface area (Å²) in [5, 5.41) is 2.90. The summed E-state index contributed by atoms with van der Waals surface area (Å²) in [6.45, 7) is 4.83. The van der Waals surface area contributed by atoms with Gasteiger partial charge < -0.3 is 5.32 Å². The van der Waals surface area contributed by atoms with E-state index in [1.807, 2.05) is 29.2 Å². The fourth-order valence-electron chi connectivity index (χ4n) is 3.15. The third kappa shape index (κ3) is 5.91. The molecule has 0 bridgehead atoms. The Hall–Kier alpha value is -2.27. The fraction of sp³-hybridized carbons (Fsp3) is 0.286. The van der Waals surface area contributed by atoms with Gasteiger partial charge in [-0.15, -0.1) is 18.3 Å². The molecule has 0 unspecified atom stereocenters. The lowest BCUT2D eigenvalue weighted by Crippen LogP contribution is -2.50. The largest absolute Gasteiger partial charge is 0.324 e. The fourth-order valence-corrected chi connectivity index (χ4v) is 5.33. The van der Waals surface area contributed by atoms with Crippen LogP contribution in [0.15, 0.2) is 64.9 Å². The van der Waals surface area contributed by atoms with Crippen LogP contribution in [0.4, 0.5) is 14.5 Å². The Morgan fingerprint density at radius 3 is 2.48 bits per heavy atom. The molecule has 1 N–H and O–H groups in total. The molecule has 2 aromatic carbocycles. The van der Waals surface area contributed by atoms with E-state index in [-0.39, 0.29) is 30.4 Å². The molecule has 166 valence electrons. The summed E-state index contributed by atoms with van der Waals surface area (Å²) >= 11 is 1.57. The summed E-state index contributed by atoms with van der Waals surface area (Å²) < 4.78 is 53.1. The van der Waals surface area contributed by atoms with Crippen LogP contribution in [-0.2, 0) is 14.8 Å². The molecule has 0 aliphatic carbocycles. The number of amides is 1. The molecule has 1 fully saturated rings. The topological polar surface area (TPSA) is 69.7 Å². The van der Waals surface area contributed by atoms with Crippen molar-refractivity contribution < 1.29 is 22.0 Å². The van der Waals surface area contributed by atoms with Crippen molar-refractivity contribution in [3.8, 4) is 0 Å². The van der Waals surface area contributed by atoms with E-state index in [4.69, 9.17) is 0 Å². The predicted molar refractivity (Wildman–Crippen MR) is 118 cm³/mol. The van der Waals surface area contributed by atoms with Gasteiger partial charge in [-0.25, -0.2) is 17.2 Å². The van der Waals surface area contributed by atoms with E-state index in [0.29, 0.717) is 19.2 Å². The second kappa shape index (κ2) is 10.4. The second-order valence-electron chi connectivity index (χ2n) is 6.90. The van der Waals surface area contributed by atoms with Crippen molar-refractivity contribution >= 4 is 33.4 Å². The van der Waals surface area contributed by atoms with Gasteiger partial charge in [0.25, 0.3) is 0 Å². The van der Waals surface area contributed by atoms with Crippen molar-refractivity contribution in [3.63, 3.8) is 0 Å². The summed E-state index contributed by atoms with van der Waals surface area (Å²) in [6.07, 6.45) is 1.79. The van der Waals surface area contributed by atoms with Gasteiger partial charge in [0.05, 0.1) is 17.1 Å². The number of halogens is 2. The van der Waals surface area contributed by atoms with Crippen LogP contribution in [0.25, 0.3) is 0 Å². The highest BCUT2D eigenvalue weighted by Crippen LogP contribution is 2.27. The quantitative estimate of drug-likeness (QED) is 0.477. The Morgan fingerprint density at radius 2 is 1.81 bits per heavy atom. The number of nitrogens with zero attached hydrogens (tertiary/aromatic N) is 2. The van der Waals surface area contributed by atoms with Gasteiger partial charge in [-0.2, -0.15) is 4.31 Å². The monoisotopic (exact) mass is 467 g/mol. The van der Waals surface area contributed by atoms with Crippen molar-refractivity contribution in [2.45, 2.75) is 9.79 Å². The molecule has 0 atom stereocenters. The Labute approximate surface area is 185 Å². The molecule has 31 heavy (non-hydrogen) atoms. The molecule has 0 radical (unpaired) electrons. The number of anilines is 1. The third-order valence-corrected chi connectivity index (χ3v) is 7.71. The first-order valence-electron chi connectivity index (χ1n) is 9.61. The minimum atomic E-state index is -3.93. The van der Waals surface area contributed by atoms with E-state index in [1.54, 1.807) is 17.8 Å². The lowest BCUT2D eigenvalue weighted by Gasteiger charge is -2.33. The normalized spacial score (nSPS) is 15.5. The van der Waals surface area contributed by atoms with Crippen LogP contribution >= 0.6 is 11.8 Å². The summed E-state index contributed by atoms with van der Waals surface area (Å²) in [6, 6.07) is 10.0. The SMILES string of the molecule is C=CCSc1ccccc1NC(=O)CN1CCN(S(=O)(=O)c2ccc(F)c(F)c2)CC1. The maximum Gasteiger partial charge on any atom is 0.243 e. The molecule has 10 heteroatoms. The van der Waals surface area contributed by atoms with Crippen molar-refractivity contribution in [3.05, 3.63) is 66.8 Å². The van der Waals surface area contributed by atoms with E-state index in [2.05, 4.69) is 11.9 Å². The average molecular weight is 468 g/mol. The smallest absolute Gasteiger partial charge is 0.243 e. The van der Waals surface area contributed by atoms with E-state index < -0.39 is 21.7 Å².